The van der Waals surface area contributed by atoms with Gasteiger partial charge in [0.15, 0.2) is 0 Å². The average molecular weight is 437 g/mol. The number of Topliss-reactive ketones (excluding diaryl/α,β-unsaturated/α-hetero) is 1. The Morgan fingerprint density at radius 1 is 1.06 bits per heavy atom. The van der Waals surface area contributed by atoms with Gasteiger partial charge in [-0.05, 0) is 33.6 Å². The molecular formula is C22H31NO8. The van der Waals surface area contributed by atoms with Crippen LogP contribution in [0.15, 0.2) is 25.3 Å². The number of carbonyl (C=O) groups is 5. The second kappa shape index (κ2) is 9.89. The van der Waals surface area contributed by atoms with E-state index in [1.54, 1.807) is 34.6 Å². The normalized spacial score (nSPS) is 18.5. The van der Waals surface area contributed by atoms with Gasteiger partial charge in [0.05, 0.1) is 0 Å². The third kappa shape index (κ3) is 5.03. The number of amides is 1. The lowest BCUT2D eigenvalue weighted by Gasteiger charge is -2.55. The second-order valence-electron chi connectivity index (χ2n) is 8.51. The number of esters is 3. The van der Waals surface area contributed by atoms with Crippen LogP contribution in [0.1, 0.15) is 41.5 Å². The first-order valence-electron chi connectivity index (χ1n) is 9.90. The molecular weight excluding hydrogens is 406 g/mol. The molecule has 0 aromatic carbocycles. The Morgan fingerprint density at radius 3 is 1.84 bits per heavy atom. The molecule has 0 unspecified atom stereocenters. The Balaban J connectivity index is 3.68. The van der Waals surface area contributed by atoms with Gasteiger partial charge in [-0.2, -0.15) is 0 Å². The zero-order chi connectivity index (χ0) is 24.1. The summed E-state index contributed by atoms with van der Waals surface area (Å²) in [6.07, 6.45) is 2.53. The molecule has 0 bridgehead atoms. The Labute approximate surface area is 182 Å². The van der Waals surface area contributed by atoms with Gasteiger partial charge in [-0.1, -0.05) is 39.2 Å². The first-order valence-corrected chi connectivity index (χ1v) is 9.90. The zero-order valence-electron chi connectivity index (χ0n) is 18.9. The first-order chi connectivity index (χ1) is 14.3. The molecule has 9 nitrogen and oxygen atoms in total. The van der Waals surface area contributed by atoms with Crippen molar-refractivity contribution in [2.24, 2.45) is 11.8 Å². The molecule has 172 valence electrons. The van der Waals surface area contributed by atoms with Crippen molar-refractivity contribution < 1.29 is 38.2 Å². The van der Waals surface area contributed by atoms with Crippen molar-refractivity contribution in [3.63, 3.8) is 0 Å². The number of likely N-dealkylation sites (tertiary alicyclic amines) is 1. The fourth-order valence-corrected chi connectivity index (χ4v) is 3.43. The van der Waals surface area contributed by atoms with E-state index in [4.69, 9.17) is 14.2 Å². The molecule has 1 aliphatic rings. The van der Waals surface area contributed by atoms with Crippen molar-refractivity contribution in [2.45, 2.75) is 58.7 Å². The van der Waals surface area contributed by atoms with Gasteiger partial charge >= 0.3 is 17.9 Å². The van der Waals surface area contributed by atoms with Crippen LogP contribution < -0.4 is 0 Å². The highest BCUT2D eigenvalue weighted by atomic mass is 16.6. The molecule has 9 heteroatoms. The van der Waals surface area contributed by atoms with Crippen LogP contribution in [0.5, 0.6) is 0 Å². The number of ketones is 1. The molecule has 0 aliphatic carbocycles. The minimum absolute atomic E-state index is 0.277. The minimum Gasteiger partial charge on any atom is -0.459 e. The topological polar surface area (TPSA) is 116 Å². The number of hydrogen-bond acceptors (Lipinski definition) is 8. The molecule has 0 aromatic heterocycles. The van der Waals surface area contributed by atoms with E-state index in [-0.39, 0.29) is 13.2 Å². The van der Waals surface area contributed by atoms with Crippen molar-refractivity contribution in [3.05, 3.63) is 25.3 Å². The highest BCUT2D eigenvalue weighted by molar-refractivity contribution is 6.25. The summed E-state index contributed by atoms with van der Waals surface area (Å²) in [5.41, 5.74) is -3.35. The predicted molar refractivity (Wildman–Crippen MR) is 111 cm³/mol. The monoisotopic (exact) mass is 437 g/mol. The molecule has 1 fully saturated rings. The Hall–Kier alpha value is -2.97. The average Bonchev–Trinajstić information content (AvgIpc) is 2.63. The first kappa shape index (κ1) is 26.1. The van der Waals surface area contributed by atoms with Crippen molar-refractivity contribution in [1.82, 2.24) is 4.90 Å². The van der Waals surface area contributed by atoms with E-state index in [1.165, 1.54) is 12.2 Å². The van der Waals surface area contributed by atoms with Gasteiger partial charge in [0.25, 0.3) is 5.54 Å². The van der Waals surface area contributed by atoms with Crippen LogP contribution in [0, 0.1) is 11.8 Å². The third-order valence-electron chi connectivity index (χ3n) is 4.53. The van der Waals surface area contributed by atoms with E-state index in [0.717, 1.165) is 11.8 Å². The van der Waals surface area contributed by atoms with E-state index in [9.17, 15) is 24.0 Å². The molecule has 1 saturated heterocycles. The maximum atomic E-state index is 13.1. The zero-order valence-corrected chi connectivity index (χ0v) is 18.9. The van der Waals surface area contributed by atoms with Gasteiger partial charge in [-0.25, -0.2) is 14.4 Å². The Kier molecular flexibility index (Phi) is 8.32. The van der Waals surface area contributed by atoms with Crippen LogP contribution in [0.4, 0.5) is 0 Å². The lowest BCUT2D eigenvalue weighted by atomic mass is 9.68. The summed E-state index contributed by atoms with van der Waals surface area (Å²) in [4.78, 5) is 65.4. The summed E-state index contributed by atoms with van der Waals surface area (Å²) in [5.74, 6) is -7.04. The van der Waals surface area contributed by atoms with E-state index < -0.39 is 58.6 Å². The maximum absolute atomic E-state index is 13.1. The van der Waals surface area contributed by atoms with Crippen molar-refractivity contribution in [3.8, 4) is 0 Å². The summed E-state index contributed by atoms with van der Waals surface area (Å²) in [5, 5.41) is 0. The summed E-state index contributed by atoms with van der Waals surface area (Å²) >= 11 is 0. The standard InChI is InChI=1S/C22H31NO8/c1-9-11-29-19(27)22(20(28)30-12-10-2)15(14(5)24)17(25)23(22)16(13(3)4)18(26)31-21(6,7)8/h9-10,13,15-16H,1-2,11-12H2,3-8H3/t15-,16-/m1/s1. The van der Waals surface area contributed by atoms with E-state index in [2.05, 4.69) is 13.2 Å². The quantitative estimate of drug-likeness (QED) is 0.166. The molecule has 1 amide bonds. The third-order valence-corrected chi connectivity index (χ3v) is 4.53. The predicted octanol–water partition coefficient (Wildman–Crippen LogP) is 1.60. The summed E-state index contributed by atoms with van der Waals surface area (Å²) in [6, 6.07) is -1.34. The van der Waals surface area contributed by atoms with Crippen LogP contribution in [0.3, 0.4) is 0 Å². The number of hydrogen-bond donors (Lipinski definition) is 0. The SMILES string of the molecule is C=CCOC(=O)C1(C(=O)OCC=C)[C@H](C(C)=O)C(=O)N1[C@@H](C(=O)OC(C)(C)C)C(C)C. The molecule has 0 N–H and O–H groups in total. The molecule has 0 aromatic rings. The van der Waals surface area contributed by atoms with Crippen LogP contribution in [0.25, 0.3) is 0 Å². The van der Waals surface area contributed by atoms with E-state index in [0.29, 0.717) is 0 Å². The molecule has 31 heavy (non-hydrogen) atoms. The maximum Gasteiger partial charge on any atom is 0.345 e. The number of β-lactam (4-membered cyclic amide) rings is 1. The van der Waals surface area contributed by atoms with Crippen molar-refractivity contribution in [1.29, 1.82) is 0 Å². The number of rotatable bonds is 10. The number of nitrogens with zero attached hydrogens (tertiary/aromatic N) is 1. The fourth-order valence-electron chi connectivity index (χ4n) is 3.43. The summed E-state index contributed by atoms with van der Waals surface area (Å²) in [7, 11) is 0. The lowest BCUT2D eigenvalue weighted by Crippen LogP contribution is -2.83. The summed E-state index contributed by atoms with van der Waals surface area (Å²) < 4.78 is 15.6. The lowest BCUT2D eigenvalue weighted by molar-refractivity contribution is -0.213. The smallest absolute Gasteiger partial charge is 0.345 e. The van der Waals surface area contributed by atoms with Gasteiger partial charge < -0.3 is 19.1 Å². The molecule has 1 aliphatic heterocycles. The van der Waals surface area contributed by atoms with Gasteiger partial charge in [-0.15, -0.1) is 0 Å². The molecule has 1 heterocycles. The molecule has 2 atom stereocenters. The molecule has 1 rings (SSSR count). The highest BCUT2D eigenvalue weighted by Gasteiger charge is 2.76. The van der Waals surface area contributed by atoms with E-state index in [1.807, 2.05) is 0 Å². The van der Waals surface area contributed by atoms with Crippen molar-refractivity contribution in [2.75, 3.05) is 13.2 Å². The van der Waals surface area contributed by atoms with E-state index >= 15 is 0 Å². The molecule has 0 saturated carbocycles. The van der Waals surface area contributed by atoms with Crippen LogP contribution in [-0.4, -0.2) is 64.9 Å². The van der Waals surface area contributed by atoms with Gasteiger partial charge in [0, 0.05) is 0 Å². The van der Waals surface area contributed by atoms with Gasteiger partial charge in [0.2, 0.25) is 5.91 Å². The largest absolute Gasteiger partial charge is 0.459 e. The van der Waals surface area contributed by atoms with Crippen LogP contribution >= 0.6 is 0 Å². The molecule has 0 radical (unpaired) electrons. The molecule has 0 spiro atoms. The highest BCUT2D eigenvalue weighted by Crippen LogP contribution is 2.44. The van der Waals surface area contributed by atoms with Gasteiger partial charge in [-0.3, -0.25) is 9.59 Å². The van der Waals surface area contributed by atoms with Gasteiger partial charge in [0.1, 0.15) is 36.6 Å². The second-order valence-corrected chi connectivity index (χ2v) is 8.51. The Morgan fingerprint density at radius 2 is 1.52 bits per heavy atom. The van der Waals surface area contributed by atoms with Crippen molar-refractivity contribution >= 4 is 29.6 Å². The van der Waals surface area contributed by atoms with Crippen LogP contribution in [0.2, 0.25) is 0 Å². The number of carbonyl (C=O) groups excluding carboxylic acids is 5. The number of ether oxygens (including phenoxy) is 3. The Bertz CT molecular complexity index is 753. The van der Waals surface area contributed by atoms with Crippen LogP contribution in [-0.2, 0) is 38.2 Å². The minimum atomic E-state index is -2.46. The fraction of sp³-hybridized carbons (Fsp3) is 0.591. The summed E-state index contributed by atoms with van der Waals surface area (Å²) in [6.45, 7) is 15.6.